The smallest absolute Gasteiger partial charge is 0.327 e. The molecule has 0 aliphatic rings. The van der Waals surface area contributed by atoms with Gasteiger partial charge in [-0.2, -0.15) is 4.98 Å². The van der Waals surface area contributed by atoms with E-state index in [9.17, 15) is 9.59 Å². The molecular weight excluding hydrogens is 165 g/mol. The number of imidazole rings is 1. The molecule has 0 aliphatic heterocycles. The lowest BCUT2D eigenvalue weighted by molar-refractivity contribution is 1.07. The third-order valence-electron chi connectivity index (χ3n) is 1.41. The molecule has 12 heavy (non-hydrogen) atoms. The molecule has 2 rings (SSSR count). The van der Waals surface area contributed by atoms with E-state index in [0.29, 0.717) is 0 Å². The van der Waals surface area contributed by atoms with Crippen molar-refractivity contribution in [2.24, 2.45) is 0 Å². The topological polar surface area (TPSA) is 120 Å². The van der Waals surface area contributed by atoms with E-state index in [1.54, 1.807) is 0 Å². The largest absolute Gasteiger partial charge is 0.369 e. The van der Waals surface area contributed by atoms with Crippen molar-refractivity contribution in [1.29, 1.82) is 0 Å². The summed E-state index contributed by atoms with van der Waals surface area (Å²) in [5.41, 5.74) is 4.48. The van der Waals surface area contributed by atoms with Crippen LogP contribution in [0.25, 0.3) is 11.2 Å². The molecule has 0 amide bonds. The minimum atomic E-state index is -0.598. The van der Waals surface area contributed by atoms with Crippen molar-refractivity contribution in [2.75, 3.05) is 5.73 Å². The molecule has 0 spiro atoms. The molecule has 7 nitrogen and oxygen atoms in total. The van der Waals surface area contributed by atoms with Crippen LogP contribution in [0, 0.1) is 0 Å². The summed E-state index contributed by atoms with van der Waals surface area (Å²) in [7, 11) is 0. The van der Waals surface area contributed by atoms with Gasteiger partial charge in [0.25, 0.3) is 5.56 Å². The Hall–Kier alpha value is -2.05. The number of rotatable bonds is 0. The Morgan fingerprint density at radius 3 is 2.67 bits per heavy atom. The van der Waals surface area contributed by atoms with E-state index in [1.165, 1.54) is 0 Å². The summed E-state index contributed by atoms with van der Waals surface area (Å²) >= 11 is 0. The van der Waals surface area contributed by atoms with Crippen molar-refractivity contribution >= 4 is 17.1 Å². The quantitative estimate of drug-likeness (QED) is 0.385. The van der Waals surface area contributed by atoms with Gasteiger partial charge in [0.1, 0.15) is 0 Å². The minimum Gasteiger partial charge on any atom is -0.369 e. The monoisotopic (exact) mass is 170 g/mol. The number of fused-ring (bicyclic) bond motifs is 1. The van der Waals surface area contributed by atoms with Gasteiger partial charge in [-0.3, -0.25) is 14.8 Å². The van der Waals surface area contributed by atoms with Crippen LogP contribution in [0.4, 0.5) is 5.95 Å². The Kier molecular flexibility index (Phi) is 1.09. The first-order chi connectivity index (χ1) is 5.66. The fourth-order valence-electron chi connectivity index (χ4n) is 0.951. The highest BCUT2D eigenvalue weighted by atomic mass is 16.3. The average molecular weight is 170 g/mol. The van der Waals surface area contributed by atoms with Crippen LogP contribution in [0.3, 0.4) is 0 Å². The van der Waals surface area contributed by atoms with Gasteiger partial charge >= 0.3 is 5.69 Å². The van der Waals surface area contributed by atoms with Crippen LogP contribution >= 0.6 is 0 Å². The highest BCUT2D eigenvalue weighted by molar-refractivity contribution is 5.70. The van der Waals surface area contributed by atoms with Gasteiger partial charge < -0.3 is 10.7 Å². The van der Waals surface area contributed by atoms with Gasteiger partial charge in [0.2, 0.25) is 0 Å². The number of aromatic nitrogens is 4. The Balaban J connectivity index is 3.08. The zero-order valence-electron chi connectivity index (χ0n) is 5.84. The van der Waals surface area contributed by atoms with Crippen molar-refractivity contribution < 1.29 is 0 Å². The van der Waals surface area contributed by atoms with Gasteiger partial charge in [-0.05, 0) is 0 Å². The first kappa shape index (κ1) is 6.65. The van der Waals surface area contributed by atoms with Gasteiger partial charge in [0.15, 0.2) is 17.1 Å². The fraction of sp³-hybridized carbons (Fsp3) is 0. The molecule has 2 aromatic heterocycles. The molecule has 7 heteroatoms. The number of nitrogens with zero attached hydrogens (tertiary/aromatic N) is 1. The van der Waals surface area contributed by atoms with Crippen LogP contribution in [-0.2, 0) is 0 Å². The zero-order chi connectivity index (χ0) is 8.72. The molecule has 0 bridgehead atoms. The molecule has 0 unspecified atom stereocenters. The maximum atomic E-state index is 11.0. The third-order valence-corrected chi connectivity index (χ3v) is 1.41. The summed E-state index contributed by atoms with van der Waals surface area (Å²) < 4.78 is 0. The van der Waals surface area contributed by atoms with Gasteiger partial charge in [-0.15, -0.1) is 0 Å². The molecule has 0 atom stereocenters. The predicted octanol–water partition coefficient (Wildman–Crippen LogP) is -1.48. The van der Waals surface area contributed by atoms with E-state index in [4.69, 9.17) is 5.73 Å². The number of hydrogen-bond acceptors (Lipinski definition) is 4. The van der Waals surface area contributed by atoms with Crippen LogP contribution in [0.5, 0.6) is 0 Å². The number of H-pyrrole nitrogens is 3. The first-order valence-electron chi connectivity index (χ1n) is 3.14. The van der Waals surface area contributed by atoms with Crippen molar-refractivity contribution in [3.63, 3.8) is 0 Å². The number of hydrogen-bond donors (Lipinski definition) is 4. The van der Waals surface area contributed by atoms with Crippen LogP contribution in [0.15, 0.2) is 9.59 Å². The van der Waals surface area contributed by atoms with Crippen molar-refractivity contribution in [2.45, 2.75) is 0 Å². The molecule has 5 N–H and O–H groups in total. The average Bonchev–Trinajstić information content (AvgIpc) is 2.29. The van der Waals surface area contributed by atoms with Crippen LogP contribution in [0.1, 0.15) is 0 Å². The normalized spacial score (nSPS) is 10.7. The second-order valence-electron chi connectivity index (χ2n) is 2.25. The summed E-state index contributed by atoms with van der Waals surface area (Å²) in [6.07, 6.45) is 0. The first-order valence-corrected chi connectivity index (χ1v) is 3.14. The summed E-state index contributed by atoms with van der Waals surface area (Å²) in [6, 6.07) is 0. The molecule has 2 aromatic rings. The summed E-state index contributed by atoms with van der Waals surface area (Å²) in [5, 5.41) is 0. The highest BCUT2D eigenvalue weighted by Crippen LogP contribution is 2.00. The number of aromatic amines is 3. The molecule has 0 fully saturated rings. The molecule has 0 saturated heterocycles. The van der Waals surface area contributed by atoms with Gasteiger partial charge in [0, 0.05) is 0 Å². The lowest BCUT2D eigenvalue weighted by atomic mass is 10.6. The van der Waals surface area contributed by atoms with Gasteiger partial charge in [0.05, 0.1) is 0 Å². The number of nitrogens with two attached hydrogens (primary N) is 1. The van der Waals surface area contributed by atoms with Gasteiger partial charge in [-0.25, -0.2) is 4.79 Å². The molecule has 0 aromatic carbocycles. The second-order valence-corrected chi connectivity index (χ2v) is 2.25. The molecule has 62 valence electrons. The van der Waals surface area contributed by atoms with Crippen molar-refractivity contribution in [3.05, 3.63) is 20.8 Å². The minimum absolute atomic E-state index is 0.0948. The highest BCUT2D eigenvalue weighted by Gasteiger charge is 2.03. The van der Waals surface area contributed by atoms with Crippen molar-refractivity contribution in [3.8, 4) is 0 Å². The fourth-order valence-corrected chi connectivity index (χ4v) is 0.951. The van der Waals surface area contributed by atoms with Crippen molar-refractivity contribution in [1.82, 2.24) is 19.9 Å². The standard InChI is InChI=1S/C5H5N5O2/c6-4-7-1-2(8-4)9-5(12)10-3(1)11/h(H5,6,7,8,9,10,11,12)/i5+1,9+1,10+1. The van der Waals surface area contributed by atoms with Crippen LogP contribution in [-0.4, -0.2) is 19.9 Å². The van der Waals surface area contributed by atoms with E-state index < -0.39 is 11.2 Å². The molecule has 2 heterocycles. The summed E-state index contributed by atoms with van der Waals surface area (Å²) in [5.74, 6) is 0.0948. The van der Waals surface area contributed by atoms with E-state index >= 15 is 0 Å². The number of anilines is 1. The summed E-state index contributed by atoms with van der Waals surface area (Å²) in [4.78, 5) is 32.3. The molecule has 0 aliphatic carbocycles. The van der Waals surface area contributed by atoms with E-state index in [-0.39, 0.29) is 17.1 Å². The van der Waals surface area contributed by atoms with Crippen LogP contribution < -0.4 is 17.0 Å². The lowest BCUT2D eigenvalue weighted by Gasteiger charge is -1.83. The Labute approximate surface area is 64.6 Å². The van der Waals surface area contributed by atoms with E-state index in [2.05, 4.69) is 15.0 Å². The zero-order valence-corrected chi connectivity index (χ0v) is 5.84. The van der Waals surface area contributed by atoms with E-state index in [0.717, 1.165) is 0 Å². The predicted molar refractivity (Wildman–Crippen MR) is 41.7 cm³/mol. The Bertz CT molecular complexity index is 532. The van der Waals surface area contributed by atoms with E-state index in [1.807, 2.05) is 4.98 Å². The van der Waals surface area contributed by atoms with Gasteiger partial charge in [-0.1, -0.05) is 0 Å². The second kappa shape index (κ2) is 1.97. The maximum Gasteiger partial charge on any atom is 0.327 e. The number of nitrogen functional groups attached to an aromatic ring is 1. The Morgan fingerprint density at radius 2 is 1.92 bits per heavy atom. The van der Waals surface area contributed by atoms with Crippen LogP contribution in [0.2, 0.25) is 0 Å². The lowest BCUT2D eigenvalue weighted by Crippen LogP contribution is -2.21. The molecule has 0 saturated carbocycles. The molecule has 0 radical (unpaired) electrons. The Morgan fingerprint density at radius 1 is 1.17 bits per heavy atom. The molecular formula is C5H5N5O2. The third kappa shape index (κ3) is 0.797. The SMILES string of the molecule is Nc1nc2[15nH][13c](=O)[15nH]c(=O)c2[nH]1. The maximum absolute atomic E-state index is 11.0. The summed E-state index contributed by atoms with van der Waals surface area (Å²) in [6.45, 7) is 0. The number of nitrogens with one attached hydrogen (secondary N) is 3.